The van der Waals surface area contributed by atoms with Gasteiger partial charge in [-0.2, -0.15) is 0 Å². The molecule has 2 aromatic heterocycles. The number of nitrogens with zero attached hydrogens (tertiary/aromatic N) is 5. The van der Waals surface area contributed by atoms with E-state index in [-0.39, 0.29) is 0 Å². The fraction of sp³-hybridized carbons (Fsp3) is 0.286. The van der Waals surface area contributed by atoms with Gasteiger partial charge in [0, 0.05) is 26.6 Å². The molecule has 20 heavy (non-hydrogen) atoms. The van der Waals surface area contributed by atoms with Crippen LogP contribution in [-0.2, 0) is 20.0 Å². The number of benzene rings is 1. The Morgan fingerprint density at radius 3 is 2.85 bits per heavy atom. The Morgan fingerprint density at radius 1 is 1.20 bits per heavy atom. The summed E-state index contributed by atoms with van der Waals surface area (Å²) in [6, 6.07) is 7.89. The Labute approximate surface area is 116 Å². The van der Waals surface area contributed by atoms with Gasteiger partial charge in [0.15, 0.2) is 0 Å². The maximum absolute atomic E-state index is 4.57. The van der Waals surface area contributed by atoms with Crippen LogP contribution in [-0.4, -0.2) is 31.3 Å². The van der Waals surface area contributed by atoms with Crippen LogP contribution in [0.2, 0.25) is 0 Å². The monoisotopic (exact) mass is 268 g/mol. The molecule has 0 amide bonds. The highest BCUT2D eigenvalue weighted by Crippen LogP contribution is 2.08. The lowest BCUT2D eigenvalue weighted by atomic mass is 10.3. The topological polar surface area (TPSA) is 68.5 Å². The van der Waals surface area contributed by atoms with E-state index in [1.165, 1.54) is 0 Å². The fourth-order valence-corrected chi connectivity index (χ4v) is 2.03. The Kier molecular flexibility index (Phi) is 3.64. The van der Waals surface area contributed by atoms with Crippen LogP contribution in [0.3, 0.4) is 0 Å². The first kappa shape index (κ1) is 12.7. The van der Waals surface area contributed by atoms with Crippen LogP contribution < -0.4 is 5.32 Å². The van der Waals surface area contributed by atoms with Gasteiger partial charge in [-0.1, -0.05) is 12.1 Å². The van der Waals surface area contributed by atoms with Crippen molar-refractivity contribution in [3.05, 3.63) is 48.3 Å². The molecular weight excluding hydrogens is 252 g/mol. The van der Waals surface area contributed by atoms with Gasteiger partial charge in [0.05, 0.1) is 22.9 Å². The SMILES string of the molecule is Cn1cnnc1CCNCc1cnc2ccccc2n1. The molecule has 3 aromatic rings. The second-order valence-corrected chi connectivity index (χ2v) is 4.63. The lowest BCUT2D eigenvalue weighted by molar-refractivity contribution is 0.645. The highest BCUT2D eigenvalue weighted by molar-refractivity contribution is 5.73. The predicted molar refractivity (Wildman–Crippen MR) is 76.0 cm³/mol. The van der Waals surface area contributed by atoms with Crippen molar-refractivity contribution >= 4 is 11.0 Å². The molecule has 0 aliphatic rings. The fourth-order valence-electron chi connectivity index (χ4n) is 2.03. The lowest BCUT2D eigenvalue weighted by Gasteiger charge is -2.05. The minimum absolute atomic E-state index is 0.704. The molecule has 6 heteroatoms. The third-order valence-corrected chi connectivity index (χ3v) is 3.14. The smallest absolute Gasteiger partial charge is 0.133 e. The van der Waals surface area contributed by atoms with Crippen molar-refractivity contribution in [3.8, 4) is 0 Å². The Balaban J connectivity index is 1.56. The van der Waals surface area contributed by atoms with E-state index in [4.69, 9.17) is 0 Å². The zero-order valence-corrected chi connectivity index (χ0v) is 11.3. The average Bonchev–Trinajstić information content (AvgIpc) is 2.89. The highest BCUT2D eigenvalue weighted by Gasteiger charge is 2.01. The number of aryl methyl sites for hydroxylation is 1. The van der Waals surface area contributed by atoms with E-state index in [0.717, 1.165) is 35.5 Å². The molecule has 0 fully saturated rings. The Morgan fingerprint density at radius 2 is 2.05 bits per heavy atom. The van der Waals surface area contributed by atoms with Crippen molar-refractivity contribution in [2.45, 2.75) is 13.0 Å². The molecular formula is C14H16N6. The number of nitrogens with one attached hydrogen (secondary N) is 1. The van der Waals surface area contributed by atoms with Crippen LogP contribution >= 0.6 is 0 Å². The molecule has 1 aromatic carbocycles. The van der Waals surface area contributed by atoms with E-state index < -0.39 is 0 Å². The van der Waals surface area contributed by atoms with E-state index in [0.29, 0.717) is 6.54 Å². The van der Waals surface area contributed by atoms with Gasteiger partial charge >= 0.3 is 0 Å². The second kappa shape index (κ2) is 5.75. The maximum atomic E-state index is 4.57. The van der Waals surface area contributed by atoms with E-state index in [2.05, 4.69) is 25.5 Å². The number of hydrogen-bond acceptors (Lipinski definition) is 5. The van der Waals surface area contributed by atoms with Crippen LogP contribution in [0.5, 0.6) is 0 Å². The predicted octanol–water partition coefficient (Wildman–Crippen LogP) is 1.09. The average molecular weight is 268 g/mol. The van der Waals surface area contributed by atoms with Crippen molar-refractivity contribution in [2.24, 2.45) is 7.05 Å². The maximum Gasteiger partial charge on any atom is 0.133 e. The molecule has 3 rings (SSSR count). The van der Waals surface area contributed by atoms with Crippen LogP contribution in [0.4, 0.5) is 0 Å². The molecule has 0 unspecified atom stereocenters. The van der Waals surface area contributed by atoms with E-state index >= 15 is 0 Å². The summed E-state index contributed by atoms with van der Waals surface area (Å²) in [5.41, 5.74) is 2.80. The summed E-state index contributed by atoms with van der Waals surface area (Å²) in [5.74, 6) is 0.974. The van der Waals surface area contributed by atoms with E-state index in [1.807, 2.05) is 42.1 Å². The zero-order valence-electron chi connectivity index (χ0n) is 11.3. The lowest BCUT2D eigenvalue weighted by Crippen LogP contribution is -2.19. The minimum atomic E-state index is 0.704. The molecule has 2 heterocycles. The molecule has 0 radical (unpaired) electrons. The third kappa shape index (κ3) is 2.80. The summed E-state index contributed by atoms with van der Waals surface area (Å²) >= 11 is 0. The third-order valence-electron chi connectivity index (χ3n) is 3.14. The number of rotatable bonds is 5. The minimum Gasteiger partial charge on any atom is -0.321 e. The highest BCUT2D eigenvalue weighted by atomic mass is 15.2. The van der Waals surface area contributed by atoms with E-state index in [9.17, 15) is 0 Å². The molecule has 0 aliphatic carbocycles. The van der Waals surface area contributed by atoms with E-state index in [1.54, 1.807) is 6.33 Å². The summed E-state index contributed by atoms with van der Waals surface area (Å²) in [7, 11) is 1.95. The molecule has 0 aliphatic heterocycles. The Bertz CT molecular complexity index is 705. The van der Waals surface area contributed by atoms with Gasteiger partial charge < -0.3 is 9.88 Å². The molecule has 102 valence electrons. The molecule has 0 bridgehead atoms. The van der Waals surface area contributed by atoms with Gasteiger partial charge in [-0.25, -0.2) is 4.98 Å². The molecule has 1 N–H and O–H groups in total. The molecule has 0 saturated heterocycles. The van der Waals surface area contributed by atoms with Crippen LogP contribution in [0.1, 0.15) is 11.5 Å². The van der Waals surface area contributed by atoms with Gasteiger partial charge in [0.25, 0.3) is 0 Å². The van der Waals surface area contributed by atoms with Crippen molar-refractivity contribution < 1.29 is 0 Å². The first-order valence-electron chi connectivity index (χ1n) is 6.57. The first-order chi connectivity index (χ1) is 9.83. The Hall–Kier alpha value is -2.34. The van der Waals surface area contributed by atoms with Crippen molar-refractivity contribution in [2.75, 3.05) is 6.54 Å². The summed E-state index contributed by atoms with van der Waals surface area (Å²) in [4.78, 5) is 8.96. The molecule has 0 atom stereocenters. The molecule has 6 nitrogen and oxygen atoms in total. The van der Waals surface area contributed by atoms with Crippen LogP contribution in [0, 0.1) is 0 Å². The van der Waals surface area contributed by atoms with Gasteiger partial charge in [-0.3, -0.25) is 4.98 Å². The molecule has 0 spiro atoms. The summed E-state index contributed by atoms with van der Waals surface area (Å²) in [5, 5.41) is 11.3. The van der Waals surface area contributed by atoms with Crippen molar-refractivity contribution in [1.29, 1.82) is 0 Å². The van der Waals surface area contributed by atoms with Gasteiger partial charge in [0.2, 0.25) is 0 Å². The van der Waals surface area contributed by atoms with Gasteiger partial charge in [-0.05, 0) is 12.1 Å². The first-order valence-corrected chi connectivity index (χ1v) is 6.57. The second-order valence-electron chi connectivity index (χ2n) is 4.63. The number of aromatic nitrogens is 5. The van der Waals surface area contributed by atoms with Crippen molar-refractivity contribution in [3.63, 3.8) is 0 Å². The van der Waals surface area contributed by atoms with Gasteiger partial charge in [-0.15, -0.1) is 10.2 Å². The number of para-hydroxylation sites is 2. The quantitative estimate of drug-likeness (QED) is 0.702. The zero-order chi connectivity index (χ0) is 13.8. The van der Waals surface area contributed by atoms with Crippen LogP contribution in [0.15, 0.2) is 36.8 Å². The number of fused-ring (bicyclic) bond motifs is 1. The number of hydrogen-bond donors (Lipinski definition) is 1. The summed E-state index contributed by atoms with van der Waals surface area (Å²) in [6.45, 7) is 1.54. The van der Waals surface area contributed by atoms with Crippen molar-refractivity contribution in [1.82, 2.24) is 30.0 Å². The summed E-state index contributed by atoms with van der Waals surface area (Å²) in [6.07, 6.45) is 4.37. The molecule has 0 saturated carbocycles. The summed E-state index contributed by atoms with van der Waals surface area (Å²) < 4.78 is 1.93. The van der Waals surface area contributed by atoms with Gasteiger partial charge in [0.1, 0.15) is 12.2 Å². The normalized spacial score (nSPS) is 11.1. The largest absolute Gasteiger partial charge is 0.321 e. The standard InChI is InChI=1S/C14H16N6/c1-20-10-17-19-14(20)6-7-15-8-11-9-16-12-4-2-3-5-13(12)18-11/h2-5,9-10,15H,6-8H2,1H3. The van der Waals surface area contributed by atoms with Crippen LogP contribution in [0.25, 0.3) is 11.0 Å².